The Morgan fingerprint density at radius 3 is 2.47 bits per heavy atom. The molecule has 1 fully saturated rings. The first-order valence-corrected chi connectivity index (χ1v) is 7.50. The molecule has 1 aliphatic rings. The quantitative estimate of drug-likeness (QED) is 0.903. The molecule has 0 spiro atoms. The Morgan fingerprint density at radius 2 is 2.00 bits per heavy atom. The Bertz CT molecular complexity index is 380. The van der Waals surface area contributed by atoms with Crippen LogP contribution >= 0.6 is 0 Å². The second kappa shape index (κ2) is 6.38. The fraction of sp³-hybridized carbons (Fsp3) is 0.688. The summed E-state index contributed by atoms with van der Waals surface area (Å²) in [4.78, 5) is 6.80. The van der Waals surface area contributed by atoms with Gasteiger partial charge in [0.25, 0.3) is 0 Å². The maximum absolute atomic E-state index is 9.75. The number of piperidine rings is 1. The molecule has 0 aromatic carbocycles. The van der Waals surface area contributed by atoms with Gasteiger partial charge in [0.05, 0.1) is 23.7 Å². The van der Waals surface area contributed by atoms with Crippen molar-refractivity contribution in [1.82, 2.24) is 4.98 Å². The Kier molecular flexibility index (Phi) is 4.81. The van der Waals surface area contributed by atoms with Gasteiger partial charge in [0.1, 0.15) is 0 Å². The van der Waals surface area contributed by atoms with E-state index in [9.17, 15) is 5.11 Å². The minimum atomic E-state index is -0.430. The highest BCUT2D eigenvalue weighted by atomic mass is 16.3. The average Bonchev–Trinajstić information content (AvgIpc) is 2.46. The van der Waals surface area contributed by atoms with Crippen LogP contribution in [0.2, 0.25) is 0 Å². The van der Waals surface area contributed by atoms with Gasteiger partial charge in [-0.1, -0.05) is 20.8 Å². The van der Waals surface area contributed by atoms with Crippen LogP contribution in [0, 0.1) is 11.8 Å². The predicted molar refractivity (Wildman–Crippen MR) is 79.3 cm³/mol. The van der Waals surface area contributed by atoms with E-state index in [0.29, 0.717) is 6.42 Å². The van der Waals surface area contributed by atoms with E-state index in [-0.39, 0.29) is 0 Å². The third kappa shape index (κ3) is 3.47. The standard InChI is InChI=1S/C16H26N2O/c1-4-16(19)15-6-5-14(11-17-15)18-9-7-13(8-10-18)12(2)3/h5-6,11-13,16,19H,4,7-10H2,1-3H3/t16-/m0/s1. The van der Waals surface area contributed by atoms with Crippen molar-refractivity contribution in [3.8, 4) is 0 Å². The highest BCUT2D eigenvalue weighted by Crippen LogP contribution is 2.28. The largest absolute Gasteiger partial charge is 0.387 e. The molecule has 2 heterocycles. The molecule has 3 nitrogen and oxygen atoms in total. The lowest BCUT2D eigenvalue weighted by molar-refractivity contribution is 0.169. The van der Waals surface area contributed by atoms with Gasteiger partial charge in [-0.15, -0.1) is 0 Å². The first-order chi connectivity index (χ1) is 9.11. The number of pyridine rings is 1. The fourth-order valence-corrected chi connectivity index (χ4v) is 2.82. The summed E-state index contributed by atoms with van der Waals surface area (Å²) in [6, 6.07) is 4.05. The molecular formula is C16H26N2O. The topological polar surface area (TPSA) is 36.4 Å². The third-order valence-corrected chi connectivity index (χ3v) is 4.35. The number of aromatic nitrogens is 1. The molecule has 3 heteroatoms. The van der Waals surface area contributed by atoms with E-state index in [1.165, 1.54) is 18.5 Å². The lowest BCUT2D eigenvalue weighted by atomic mass is 9.86. The predicted octanol–water partition coefficient (Wildman–Crippen LogP) is 3.40. The van der Waals surface area contributed by atoms with Crippen LogP contribution in [-0.4, -0.2) is 23.2 Å². The molecule has 0 amide bonds. The van der Waals surface area contributed by atoms with Crippen molar-refractivity contribution in [1.29, 1.82) is 0 Å². The number of aliphatic hydroxyl groups is 1. The minimum absolute atomic E-state index is 0.430. The van der Waals surface area contributed by atoms with Gasteiger partial charge in [0, 0.05) is 13.1 Å². The van der Waals surface area contributed by atoms with Crippen LogP contribution in [0.25, 0.3) is 0 Å². The van der Waals surface area contributed by atoms with E-state index in [2.05, 4.69) is 29.8 Å². The molecule has 1 aromatic heterocycles. The van der Waals surface area contributed by atoms with Crippen molar-refractivity contribution < 1.29 is 5.11 Å². The van der Waals surface area contributed by atoms with E-state index in [1.807, 2.05) is 19.2 Å². The highest BCUT2D eigenvalue weighted by Gasteiger charge is 2.21. The van der Waals surface area contributed by atoms with Crippen molar-refractivity contribution in [2.75, 3.05) is 18.0 Å². The Labute approximate surface area is 116 Å². The second-order valence-electron chi connectivity index (χ2n) is 5.93. The lowest BCUT2D eigenvalue weighted by Crippen LogP contribution is -2.35. The van der Waals surface area contributed by atoms with E-state index >= 15 is 0 Å². The van der Waals surface area contributed by atoms with Gasteiger partial charge < -0.3 is 10.0 Å². The zero-order valence-corrected chi connectivity index (χ0v) is 12.3. The van der Waals surface area contributed by atoms with Crippen LogP contribution in [0.3, 0.4) is 0 Å². The van der Waals surface area contributed by atoms with Gasteiger partial charge in [-0.3, -0.25) is 4.98 Å². The average molecular weight is 262 g/mol. The van der Waals surface area contributed by atoms with Gasteiger partial charge in [0.15, 0.2) is 0 Å². The van der Waals surface area contributed by atoms with Crippen molar-refractivity contribution in [3.05, 3.63) is 24.0 Å². The molecule has 1 aliphatic heterocycles. The van der Waals surface area contributed by atoms with Gasteiger partial charge in [0.2, 0.25) is 0 Å². The first kappa shape index (κ1) is 14.3. The summed E-state index contributed by atoms with van der Waals surface area (Å²) in [5.74, 6) is 1.66. The zero-order chi connectivity index (χ0) is 13.8. The summed E-state index contributed by atoms with van der Waals surface area (Å²) >= 11 is 0. The number of hydrogen-bond donors (Lipinski definition) is 1. The third-order valence-electron chi connectivity index (χ3n) is 4.35. The number of anilines is 1. The summed E-state index contributed by atoms with van der Waals surface area (Å²) in [5, 5.41) is 9.75. The Balaban J connectivity index is 1.96. The van der Waals surface area contributed by atoms with E-state index in [4.69, 9.17) is 0 Å². The number of hydrogen-bond acceptors (Lipinski definition) is 3. The summed E-state index contributed by atoms with van der Waals surface area (Å²) in [6.07, 6.45) is 4.74. The maximum atomic E-state index is 9.75. The monoisotopic (exact) mass is 262 g/mol. The maximum Gasteiger partial charge on any atom is 0.0957 e. The van der Waals surface area contributed by atoms with Gasteiger partial charge >= 0.3 is 0 Å². The smallest absolute Gasteiger partial charge is 0.0957 e. The van der Waals surface area contributed by atoms with Gasteiger partial charge in [-0.2, -0.15) is 0 Å². The van der Waals surface area contributed by atoms with Crippen LogP contribution < -0.4 is 4.90 Å². The van der Waals surface area contributed by atoms with Crippen LogP contribution in [0.4, 0.5) is 5.69 Å². The lowest BCUT2D eigenvalue weighted by Gasteiger charge is -2.35. The Hall–Kier alpha value is -1.09. The number of aliphatic hydroxyl groups excluding tert-OH is 1. The molecule has 0 radical (unpaired) electrons. The minimum Gasteiger partial charge on any atom is -0.387 e. The van der Waals surface area contributed by atoms with Gasteiger partial charge in [-0.05, 0) is 43.2 Å². The van der Waals surface area contributed by atoms with Gasteiger partial charge in [-0.25, -0.2) is 0 Å². The van der Waals surface area contributed by atoms with Crippen LogP contribution in [0.15, 0.2) is 18.3 Å². The summed E-state index contributed by atoms with van der Waals surface area (Å²) < 4.78 is 0. The molecule has 0 unspecified atom stereocenters. The molecule has 19 heavy (non-hydrogen) atoms. The van der Waals surface area contributed by atoms with Crippen molar-refractivity contribution in [2.45, 2.75) is 46.1 Å². The molecule has 1 atom stereocenters. The zero-order valence-electron chi connectivity index (χ0n) is 12.3. The molecule has 1 saturated heterocycles. The first-order valence-electron chi connectivity index (χ1n) is 7.50. The van der Waals surface area contributed by atoms with Crippen molar-refractivity contribution in [2.24, 2.45) is 11.8 Å². The summed E-state index contributed by atoms with van der Waals surface area (Å²) in [5.41, 5.74) is 1.97. The van der Waals surface area contributed by atoms with Crippen LogP contribution in [-0.2, 0) is 0 Å². The normalized spacial score (nSPS) is 18.9. The molecule has 2 rings (SSSR count). The highest BCUT2D eigenvalue weighted by molar-refractivity contribution is 5.45. The molecule has 0 aliphatic carbocycles. The summed E-state index contributed by atoms with van der Waals surface area (Å²) in [7, 11) is 0. The molecule has 1 aromatic rings. The summed E-state index contributed by atoms with van der Waals surface area (Å²) in [6.45, 7) is 8.86. The molecule has 1 N–H and O–H groups in total. The fourth-order valence-electron chi connectivity index (χ4n) is 2.82. The SMILES string of the molecule is CC[C@H](O)c1ccc(N2CCC(C(C)C)CC2)cn1. The van der Waals surface area contributed by atoms with Crippen molar-refractivity contribution >= 4 is 5.69 Å². The number of nitrogens with zero attached hydrogens (tertiary/aromatic N) is 2. The molecule has 0 bridgehead atoms. The van der Waals surface area contributed by atoms with Crippen LogP contribution in [0.1, 0.15) is 51.8 Å². The van der Waals surface area contributed by atoms with E-state index < -0.39 is 6.10 Å². The molecule has 106 valence electrons. The van der Waals surface area contributed by atoms with Crippen LogP contribution in [0.5, 0.6) is 0 Å². The molecular weight excluding hydrogens is 236 g/mol. The second-order valence-corrected chi connectivity index (χ2v) is 5.93. The Morgan fingerprint density at radius 1 is 1.32 bits per heavy atom. The van der Waals surface area contributed by atoms with E-state index in [0.717, 1.165) is 30.6 Å². The van der Waals surface area contributed by atoms with Crippen molar-refractivity contribution in [3.63, 3.8) is 0 Å². The molecule has 0 saturated carbocycles. The number of rotatable bonds is 4. The van der Waals surface area contributed by atoms with E-state index in [1.54, 1.807) is 0 Å².